The fraction of sp³-hybridized carbons (Fsp3) is 0.231. The van der Waals surface area contributed by atoms with E-state index < -0.39 is 6.04 Å². The van der Waals surface area contributed by atoms with E-state index in [1.54, 1.807) is 18.6 Å². The minimum atomic E-state index is -0.579. The van der Waals surface area contributed by atoms with Gasteiger partial charge in [0, 0.05) is 18.0 Å². The average Bonchev–Trinajstić information content (AvgIpc) is 2.28. The molecule has 1 heterocycles. The molecular formula is C13H14FN3. The molecule has 0 aliphatic heterocycles. The van der Waals surface area contributed by atoms with Crippen LogP contribution in [-0.2, 0) is 0 Å². The lowest BCUT2D eigenvalue weighted by Gasteiger charge is -2.15. The molecule has 0 fully saturated rings. The van der Waals surface area contributed by atoms with Crippen LogP contribution in [0.3, 0.4) is 0 Å². The van der Waals surface area contributed by atoms with Crippen molar-refractivity contribution in [1.82, 2.24) is 9.97 Å². The summed E-state index contributed by atoms with van der Waals surface area (Å²) in [6.07, 6.45) is 4.68. The highest BCUT2D eigenvalue weighted by atomic mass is 19.1. The first-order valence-corrected chi connectivity index (χ1v) is 5.37. The quantitative estimate of drug-likeness (QED) is 0.862. The maximum Gasteiger partial charge on any atom is 0.128 e. The number of hydrogen-bond donors (Lipinski definition) is 1. The molecule has 0 aliphatic carbocycles. The van der Waals surface area contributed by atoms with Crippen LogP contribution in [0.15, 0.2) is 30.7 Å². The molecule has 1 atom stereocenters. The van der Waals surface area contributed by atoms with Gasteiger partial charge in [0.25, 0.3) is 0 Å². The van der Waals surface area contributed by atoms with Gasteiger partial charge in [-0.3, -0.25) is 9.97 Å². The highest BCUT2D eigenvalue weighted by Gasteiger charge is 2.17. The van der Waals surface area contributed by atoms with E-state index in [9.17, 15) is 4.39 Å². The number of halogens is 1. The second-order valence-corrected chi connectivity index (χ2v) is 4.09. The standard InChI is InChI=1S/C13H14FN3/c1-8-5-9(2)12(10(14)6-8)13(15)11-7-16-3-4-17-11/h3-7,13H,15H2,1-2H3. The summed E-state index contributed by atoms with van der Waals surface area (Å²) in [5.74, 6) is -0.291. The molecule has 0 radical (unpaired) electrons. The summed E-state index contributed by atoms with van der Waals surface area (Å²) < 4.78 is 13.9. The monoisotopic (exact) mass is 231 g/mol. The number of aryl methyl sites for hydroxylation is 2. The van der Waals surface area contributed by atoms with Crippen molar-refractivity contribution in [2.24, 2.45) is 5.73 Å². The molecule has 0 spiro atoms. The second kappa shape index (κ2) is 4.59. The lowest BCUT2D eigenvalue weighted by molar-refractivity contribution is 0.593. The predicted molar refractivity (Wildman–Crippen MR) is 63.9 cm³/mol. The Hall–Kier alpha value is -1.81. The predicted octanol–water partition coefficient (Wildman–Crippen LogP) is 2.28. The average molecular weight is 231 g/mol. The van der Waals surface area contributed by atoms with Gasteiger partial charge in [0.1, 0.15) is 5.82 Å². The molecule has 2 N–H and O–H groups in total. The molecular weight excluding hydrogens is 217 g/mol. The number of rotatable bonds is 2. The van der Waals surface area contributed by atoms with Crippen molar-refractivity contribution in [3.8, 4) is 0 Å². The van der Waals surface area contributed by atoms with Crippen LogP contribution in [0.1, 0.15) is 28.4 Å². The number of nitrogens with two attached hydrogens (primary N) is 1. The number of aromatic nitrogens is 2. The normalized spacial score (nSPS) is 12.5. The van der Waals surface area contributed by atoms with Gasteiger partial charge in [-0.1, -0.05) is 6.07 Å². The van der Waals surface area contributed by atoms with Gasteiger partial charge in [-0.15, -0.1) is 0 Å². The fourth-order valence-corrected chi connectivity index (χ4v) is 1.94. The molecule has 1 unspecified atom stereocenters. The zero-order valence-electron chi connectivity index (χ0n) is 9.81. The Balaban J connectivity index is 2.48. The van der Waals surface area contributed by atoms with E-state index in [0.717, 1.165) is 11.1 Å². The van der Waals surface area contributed by atoms with Gasteiger partial charge in [0.15, 0.2) is 0 Å². The third kappa shape index (κ3) is 2.31. The van der Waals surface area contributed by atoms with Crippen LogP contribution in [-0.4, -0.2) is 9.97 Å². The molecule has 0 saturated heterocycles. The second-order valence-electron chi connectivity index (χ2n) is 4.09. The highest BCUT2D eigenvalue weighted by Crippen LogP contribution is 2.24. The number of nitrogens with zero attached hydrogens (tertiary/aromatic N) is 2. The van der Waals surface area contributed by atoms with E-state index in [1.165, 1.54) is 6.07 Å². The first kappa shape index (κ1) is 11.7. The molecule has 0 saturated carbocycles. The van der Waals surface area contributed by atoms with Crippen LogP contribution in [0.25, 0.3) is 0 Å². The molecule has 2 aromatic rings. The van der Waals surface area contributed by atoms with Gasteiger partial charge in [-0.2, -0.15) is 0 Å². The van der Waals surface area contributed by atoms with Crippen molar-refractivity contribution in [2.45, 2.75) is 19.9 Å². The Labute approximate surface area is 99.5 Å². The van der Waals surface area contributed by atoms with E-state index >= 15 is 0 Å². The van der Waals surface area contributed by atoms with Gasteiger partial charge >= 0.3 is 0 Å². The Kier molecular flexibility index (Phi) is 3.15. The van der Waals surface area contributed by atoms with E-state index in [-0.39, 0.29) is 5.82 Å². The summed E-state index contributed by atoms with van der Waals surface area (Å²) in [4.78, 5) is 8.05. The lowest BCUT2D eigenvalue weighted by Crippen LogP contribution is -2.17. The first-order chi connectivity index (χ1) is 8.09. The van der Waals surface area contributed by atoms with E-state index in [0.29, 0.717) is 11.3 Å². The first-order valence-electron chi connectivity index (χ1n) is 5.37. The molecule has 4 heteroatoms. The Morgan fingerprint density at radius 1 is 1.24 bits per heavy atom. The fourth-order valence-electron chi connectivity index (χ4n) is 1.94. The molecule has 17 heavy (non-hydrogen) atoms. The van der Waals surface area contributed by atoms with Gasteiger partial charge in [-0.05, 0) is 31.0 Å². The Morgan fingerprint density at radius 2 is 2.00 bits per heavy atom. The maximum absolute atomic E-state index is 13.9. The highest BCUT2D eigenvalue weighted by molar-refractivity contribution is 5.37. The zero-order valence-corrected chi connectivity index (χ0v) is 9.81. The minimum absolute atomic E-state index is 0.291. The molecule has 0 amide bonds. The topological polar surface area (TPSA) is 51.8 Å². The molecule has 0 bridgehead atoms. The van der Waals surface area contributed by atoms with Crippen LogP contribution in [0, 0.1) is 19.7 Å². The molecule has 1 aromatic carbocycles. The Morgan fingerprint density at radius 3 is 2.59 bits per heavy atom. The Bertz CT molecular complexity index is 502. The van der Waals surface area contributed by atoms with Crippen molar-refractivity contribution in [2.75, 3.05) is 0 Å². The smallest absolute Gasteiger partial charge is 0.128 e. The van der Waals surface area contributed by atoms with Crippen molar-refractivity contribution in [1.29, 1.82) is 0 Å². The van der Waals surface area contributed by atoms with Gasteiger partial charge in [0.05, 0.1) is 17.9 Å². The molecule has 2 rings (SSSR count). The van der Waals surface area contributed by atoms with Crippen molar-refractivity contribution < 1.29 is 4.39 Å². The van der Waals surface area contributed by atoms with Crippen molar-refractivity contribution >= 4 is 0 Å². The van der Waals surface area contributed by atoms with Gasteiger partial charge in [0.2, 0.25) is 0 Å². The summed E-state index contributed by atoms with van der Waals surface area (Å²) >= 11 is 0. The van der Waals surface area contributed by atoms with E-state index in [2.05, 4.69) is 9.97 Å². The lowest BCUT2D eigenvalue weighted by atomic mass is 9.97. The summed E-state index contributed by atoms with van der Waals surface area (Å²) in [5.41, 5.74) is 8.79. The number of hydrogen-bond acceptors (Lipinski definition) is 3. The van der Waals surface area contributed by atoms with Crippen LogP contribution >= 0.6 is 0 Å². The van der Waals surface area contributed by atoms with Crippen molar-refractivity contribution in [3.63, 3.8) is 0 Å². The molecule has 88 valence electrons. The van der Waals surface area contributed by atoms with Crippen LogP contribution < -0.4 is 5.73 Å². The van der Waals surface area contributed by atoms with Crippen LogP contribution in [0.5, 0.6) is 0 Å². The molecule has 3 nitrogen and oxygen atoms in total. The molecule has 0 aliphatic rings. The SMILES string of the molecule is Cc1cc(C)c(C(N)c2cnccn2)c(F)c1. The largest absolute Gasteiger partial charge is 0.319 e. The maximum atomic E-state index is 13.9. The summed E-state index contributed by atoms with van der Waals surface area (Å²) in [7, 11) is 0. The van der Waals surface area contributed by atoms with Gasteiger partial charge in [-0.25, -0.2) is 4.39 Å². The van der Waals surface area contributed by atoms with Crippen LogP contribution in [0.4, 0.5) is 4.39 Å². The summed E-state index contributed by atoms with van der Waals surface area (Å²) in [6.45, 7) is 3.70. The third-order valence-corrected chi connectivity index (χ3v) is 2.69. The summed E-state index contributed by atoms with van der Waals surface area (Å²) in [5, 5.41) is 0. The molecule has 1 aromatic heterocycles. The number of benzene rings is 1. The van der Waals surface area contributed by atoms with Crippen LogP contribution in [0.2, 0.25) is 0 Å². The van der Waals surface area contributed by atoms with E-state index in [4.69, 9.17) is 5.73 Å². The van der Waals surface area contributed by atoms with Crippen molar-refractivity contribution in [3.05, 3.63) is 58.9 Å². The zero-order chi connectivity index (χ0) is 12.4. The minimum Gasteiger partial charge on any atom is -0.319 e. The van der Waals surface area contributed by atoms with Gasteiger partial charge < -0.3 is 5.73 Å². The third-order valence-electron chi connectivity index (χ3n) is 2.69. The van der Waals surface area contributed by atoms with E-state index in [1.807, 2.05) is 19.9 Å². The summed E-state index contributed by atoms with van der Waals surface area (Å²) in [6, 6.07) is 2.82.